The first-order chi connectivity index (χ1) is 5.72. The first-order valence-corrected chi connectivity index (χ1v) is 5.48. The van der Waals surface area contributed by atoms with Crippen LogP contribution in [0.15, 0.2) is 0 Å². The minimum absolute atomic E-state index is 0.776. The molecule has 2 rings (SSSR count). The van der Waals surface area contributed by atoms with Crippen LogP contribution in [0.4, 0.5) is 0 Å². The third-order valence-electron chi connectivity index (χ3n) is 3.92. The van der Waals surface area contributed by atoms with Gasteiger partial charge < -0.3 is 0 Å². The van der Waals surface area contributed by atoms with E-state index in [2.05, 4.69) is 25.7 Å². The predicted octanol–water partition coefficient (Wildman–Crippen LogP) is 2.52. The standard InChI is InChI=1S/C11H21N/c1-4-9-5-11-6-10(9)7-12(11)8(2)3/h8-11H,4-7H2,1-3H3. The van der Waals surface area contributed by atoms with Crippen molar-refractivity contribution in [3.05, 3.63) is 0 Å². The molecule has 1 nitrogen and oxygen atoms in total. The summed E-state index contributed by atoms with van der Waals surface area (Å²) in [6, 6.07) is 1.72. The molecular formula is C11H21N. The maximum absolute atomic E-state index is 2.71. The third kappa shape index (κ3) is 1.19. The van der Waals surface area contributed by atoms with Gasteiger partial charge in [-0.15, -0.1) is 0 Å². The molecule has 2 bridgehead atoms. The minimum Gasteiger partial charge on any atom is -0.298 e. The van der Waals surface area contributed by atoms with Gasteiger partial charge in [-0.05, 0) is 38.5 Å². The van der Waals surface area contributed by atoms with Gasteiger partial charge in [0.25, 0.3) is 0 Å². The fourth-order valence-electron chi connectivity index (χ4n) is 3.23. The summed E-state index contributed by atoms with van der Waals surface area (Å²) >= 11 is 0. The topological polar surface area (TPSA) is 3.24 Å². The molecule has 12 heavy (non-hydrogen) atoms. The van der Waals surface area contributed by atoms with E-state index in [0.717, 1.165) is 23.9 Å². The lowest BCUT2D eigenvalue weighted by Crippen LogP contribution is -2.39. The summed E-state index contributed by atoms with van der Waals surface area (Å²) in [7, 11) is 0. The van der Waals surface area contributed by atoms with Crippen molar-refractivity contribution in [1.29, 1.82) is 0 Å². The maximum Gasteiger partial charge on any atom is 0.0104 e. The largest absolute Gasteiger partial charge is 0.298 e. The zero-order valence-electron chi connectivity index (χ0n) is 8.59. The first-order valence-electron chi connectivity index (χ1n) is 5.48. The molecule has 3 atom stereocenters. The number of hydrogen-bond acceptors (Lipinski definition) is 1. The van der Waals surface area contributed by atoms with Gasteiger partial charge in [0.15, 0.2) is 0 Å². The van der Waals surface area contributed by atoms with Gasteiger partial charge in [-0.3, -0.25) is 4.90 Å². The van der Waals surface area contributed by atoms with Gasteiger partial charge in [-0.25, -0.2) is 0 Å². The number of piperidine rings is 1. The molecule has 0 radical (unpaired) electrons. The molecule has 1 saturated carbocycles. The zero-order chi connectivity index (χ0) is 8.72. The van der Waals surface area contributed by atoms with Crippen molar-refractivity contribution >= 4 is 0 Å². The minimum atomic E-state index is 0.776. The van der Waals surface area contributed by atoms with E-state index in [1.807, 2.05) is 0 Å². The fourth-order valence-corrected chi connectivity index (χ4v) is 3.23. The smallest absolute Gasteiger partial charge is 0.0104 e. The van der Waals surface area contributed by atoms with Gasteiger partial charge in [0.1, 0.15) is 0 Å². The van der Waals surface area contributed by atoms with Gasteiger partial charge in [0, 0.05) is 18.6 Å². The molecule has 0 spiro atoms. The fraction of sp³-hybridized carbons (Fsp3) is 1.00. The Balaban J connectivity index is 1.98. The Bertz CT molecular complexity index is 164. The van der Waals surface area contributed by atoms with Crippen molar-refractivity contribution in [2.75, 3.05) is 6.54 Å². The summed E-state index contributed by atoms with van der Waals surface area (Å²) < 4.78 is 0. The molecule has 1 aliphatic heterocycles. The Morgan fingerprint density at radius 1 is 1.33 bits per heavy atom. The van der Waals surface area contributed by atoms with Crippen LogP contribution in [0, 0.1) is 11.8 Å². The Labute approximate surface area is 76.1 Å². The highest BCUT2D eigenvalue weighted by atomic mass is 15.2. The van der Waals surface area contributed by atoms with Crippen LogP contribution < -0.4 is 0 Å². The zero-order valence-corrected chi connectivity index (χ0v) is 8.59. The maximum atomic E-state index is 2.71. The van der Waals surface area contributed by atoms with E-state index in [9.17, 15) is 0 Å². The molecule has 2 fully saturated rings. The van der Waals surface area contributed by atoms with Crippen LogP contribution in [0.2, 0.25) is 0 Å². The molecule has 1 saturated heterocycles. The van der Waals surface area contributed by atoms with Crippen molar-refractivity contribution in [3.8, 4) is 0 Å². The summed E-state index contributed by atoms with van der Waals surface area (Å²) in [5.41, 5.74) is 0. The highest BCUT2D eigenvalue weighted by Crippen LogP contribution is 2.44. The van der Waals surface area contributed by atoms with Crippen LogP contribution in [-0.2, 0) is 0 Å². The van der Waals surface area contributed by atoms with Gasteiger partial charge in [-0.1, -0.05) is 13.3 Å². The van der Waals surface area contributed by atoms with Gasteiger partial charge in [-0.2, -0.15) is 0 Å². The lowest BCUT2D eigenvalue weighted by atomic mass is 9.92. The third-order valence-corrected chi connectivity index (χ3v) is 3.92. The molecule has 0 amide bonds. The van der Waals surface area contributed by atoms with Crippen molar-refractivity contribution in [1.82, 2.24) is 4.90 Å². The lowest BCUT2D eigenvalue weighted by Gasteiger charge is -2.33. The van der Waals surface area contributed by atoms with Gasteiger partial charge in [0.2, 0.25) is 0 Å². The van der Waals surface area contributed by atoms with Gasteiger partial charge >= 0.3 is 0 Å². The first kappa shape index (κ1) is 8.55. The number of nitrogens with zero attached hydrogens (tertiary/aromatic N) is 1. The SMILES string of the molecule is CCC1CC2CC1CN2C(C)C. The normalized spacial score (nSPS) is 41.5. The number of fused-ring (bicyclic) bond motifs is 2. The quantitative estimate of drug-likeness (QED) is 0.611. The van der Waals surface area contributed by atoms with E-state index < -0.39 is 0 Å². The van der Waals surface area contributed by atoms with Crippen molar-refractivity contribution in [3.63, 3.8) is 0 Å². The van der Waals surface area contributed by atoms with E-state index in [0.29, 0.717) is 0 Å². The molecule has 0 N–H and O–H groups in total. The molecule has 1 heterocycles. The summed E-state index contributed by atoms with van der Waals surface area (Å²) in [6.07, 6.45) is 4.39. The van der Waals surface area contributed by atoms with Crippen LogP contribution in [0.25, 0.3) is 0 Å². The summed E-state index contributed by atoms with van der Waals surface area (Å²) in [5, 5.41) is 0. The molecule has 0 aromatic heterocycles. The second-order valence-electron chi connectivity index (χ2n) is 4.84. The Kier molecular flexibility index (Phi) is 2.16. The van der Waals surface area contributed by atoms with Crippen LogP contribution >= 0.6 is 0 Å². The van der Waals surface area contributed by atoms with E-state index in [1.165, 1.54) is 25.8 Å². The molecule has 0 aromatic carbocycles. The number of rotatable bonds is 2. The molecule has 1 heteroatoms. The van der Waals surface area contributed by atoms with E-state index in [-0.39, 0.29) is 0 Å². The van der Waals surface area contributed by atoms with E-state index >= 15 is 0 Å². The highest BCUT2D eigenvalue weighted by Gasteiger charge is 2.44. The predicted molar refractivity (Wildman–Crippen MR) is 52.1 cm³/mol. The van der Waals surface area contributed by atoms with Crippen LogP contribution in [0.5, 0.6) is 0 Å². The summed E-state index contributed by atoms with van der Waals surface area (Å²) in [4.78, 5) is 2.71. The lowest BCUT2D eigenvalue weighted by molar-refractivity contribution is 0.138. The second kappa shape index (κ2) is 3.02. The van der Waals surface area contributed by atoms with Gasteiger partial charge in [0.05, 0.1) is 0 Å². The molecular weight excluding hydrogens is 146 g/mol. The molecule has 1 aliphatic carbocycles. The number of likely N-dealkylation sites (tertiary alicyclic amines) is 1. The van der Waals surface area contributed by atoms with Crippen LogP contribution in [0.3, 0.4) is 0 Å². The van der Waals surface area contributed by atoms with E-state index in [1.54, 1.807) is 0 Å². The second-order valence-corrected chi connectivity index (χ2v) is 4.84. The monoisotopic (exact) mass is 167 g/mol. The Morgan fingerprint density at radius 2 is 2.08 bits per heavy atom. The van der Waals surface area contributed by atoms with Crippen molar-refractivity contribution < 1.29 is 0 Å². The van der Waals surface area contributed by atoms with E-state index in [4.69, 9.17) is 0 Å². The highest BCUT2D eigenvalue weighted by molar-refractivity contribution is 4.97. The van der Waals surface area contributed by atoms with Crippen LogP contribution in [-0.4, -0.2) is 23.5 Å². The summed E-state index contributed by atoms with van der Waals surface area (Å²) in [5.74, 6) is 2.10. The average molecular weight is 167 g/mol. The Morgan fingerprint density at radius 3 is 2.50 bits per heavy atom. The molecule has 2 aliphatic rings. The average Bonchev–Trinajstić information content (AvgIpc) is 2.60. The van der Waals surface area contributed by atoms with Crippen molar-refractivity contribution in [2.24, 2.45) is 11.8 Å². The van der Waals surface area contributed by atoms with Crippen molar-refractivity contribution in [2.45, 2.75) is 52.1 Å². The molecule has 70 valence electrons. The van der Waals surface area contributed by atoms with Crippen LogP contribution in [0.1, 0.15) is 40.0 Å². The number of hydrogen-bond donors (Lipinski definition) is 0. The summed E-state index contributed by atoms with van der Waals surface area (Å²) in [6.45, 7) is 8.41. The molecule has 0 aromatic rings. The Hall–Kier alpha value is -0.0400. The molecule has 3 unspecified atom stereocenters.